The number of phosphoric acid groups is 2. The second-order valence-corrected chi connectivity index (χ2v) is 14.0. The molecule has 0 atom stereocenters. The molecule has 6 N–H and O–H groups in total. The Morgan fingerprint density at radius 2 is 1.22 bits per heavy atom. The molecule has 0 aliphatic carbocycles. The number of halogens is 2. The van der Waals surface area contributed by atoms with Crippen LogP contribution in [0.15, 0.2) is 78.5 Å². The fourth-order valence-corrected chi connectivity index (χ4v) is 6.54. The molecule has 1 aromatic heterocycles. The van der Waals surface area contributed by atoms with E-state index in [1.165, 1.54) is 24.3 Å². The summed E-state index contributed by atoms with van der Waals surface area (Å²) in [5.74, 6) is -0.624. The van der Waals surface area contributed by atoms with Gasteiger partial charge in [-0.05, 0) is 72.5 Å². The van der Waals surface area contributed by atoms with Crippen LogP contribution in [0.25, 0.3) is 6.08 Å². The van der Waals surface area contributed by atoms with Gasteiger partial charge in [-0.15, -0.1) is 0 Å². The van der Waals surface area contributed by atoms with Crippen molar-refractivity contribution in [2.45, 2.75) is 38.5 Å². The van der Waals surface area contributed by atoms with Crippen LogP contribution >= 0.6 is 15.6 Å². The molecular weight excluding hydrogens is 722 g/mol. The first-order valence-electron chi connectivity index (χ1n) is 15.6. The SMILES string of the molecule is O=C(CCC1=[N+]2C(=Cc3ccc(CCC(=O)NCCc4ccc(OP(=O)(O)O)cc4)n3[B-]2(F)F)C=C1)NCCc1ccc(OP(=O)(O)O)cc1.[Na+]. The molecule has 2 aliphatic heterocycles. The maximum Gasteiger partial charge on any atom is 1.00 e. The van der Waals surface area contributed by atoms with Gasteiger partial charge in [-0.1, -0.05) is 24.3 Å². The van der Waals surface area contributed by atoms with Crippen molar-refractivity contribution >= 4 is 46.2 Å². The molecule has 51 heavy (non-hydrogen) atoms. The number of rotatable bonds is 16. The van der Waals surface area contributed by atoms with Crippen LogP contribution in [0.3, 0.4) is 0 Å². The molecular formula is C31H35BF2N4NaO10P2+. The van der Waals surface area contributed by atoms with E-state index in [0.717, 1.165) is 20.1 Å². The van der Waals surface area contributed by atoms with Crippen molar-refractivity contribution in [1.29, 1.82) is 0 Å². The summed E-state index contributed by atoms with van der Waals surface area (Å²) < 4.78 is 65.0. The van der Waals surface area contributed by atoms with Crippen molar-refractivity contribution in [2.24, 2.45) is 0 Å². The molecule has 0 unspecified atom stereocenters. The Kier molecular flexibility index (Phi) is 13.5. The zero-order valence-corrected chi connectivity index (χ0v) is 31.3. The van der Waals surface area contributed by atoms with E-state index in [2.05, 4.69) is 19.7 Å². The van der Waals surface area contributed by atoms with Crippen LogP contribution in [0.2, 0.25) is 0 Å². The van der Waals surface area contributed by atoms with Gasteiger partial charge < -0.3 is 37.3 Å². The maximum absolute atomic E-state index is 16.1. The fraction of sp³-hybridized carbons (Fsp3) is 0.258. The van der Waals surface area contributed by atoms with Crippen LogP contribution in [-0.4, -0.2) is 66.1 Å². The van der Waals surface area contributed by atoms with Crippen LogP contribution in [0.4, 0.5) is 8.63 Å². The Labute approximate surface area is 314 Å². The number of hydrogen-bond donors (Lipinski definition) is 6. The van der Waals surface area contributed by atoms with Crippen LogP contribution in [0.5, 0.6) is 11.5 Å². The number of benzene rings is 2. The number of carbonyl (C=O) groups is 2. The third-order valence-electron chi connectivity index (χ3n) is 7.97. The van der Waals surface area contributed by atoms with E-state index in [9.17, 15) is 18.7 Å². The first-order valence-corrected chi connectivity index (χ1v) is 18.6. The number of fused-ring (bicyclic) bond motifs is 2. The van der Waals surface area contributed by atoms with Gasteiger partial charge in [-0.25, -0.2) is 9.13 Å². The van der Waals surface area contributed by atoms with Crippen LogP contribution < -0.4 is 49.2 Å². The molecule has 5 rings (SSSR count). The molecule has 0 saturated heterocycles. The van der Waals surface area contributed by atoms with Crippen LogP contribution in [0.1, 0.15) is 41.8 Å². The number of amides is 2. The van der Waals surface area contributed by atoms with E-state index in [1.807, 2.05) is 0 Å². The number of carbonyl (C=O) groups excluding carboxylic acids is 2. The van der Waals surface area contributed by atoms with Crippen molar-refractivity contribution < 1.29 is 90.0 Å². The van der Waals surface area contributed by atoms with Gasteiger partial charge in [0, 0.05) is 56.3 Å². The monoisotopic (exact) mass is 757 g/mol. The third-order valence-corrected chi connectivity index (χ3v) is 8.87. The average molecular weight is 757 g/mol. The zero-order chi connectivity index (χ0) is 36.1. The molecule has 0 saturated carbocycles. The molecule has 3 heterocycles. The molecule has 20 heteroatoms. The third kappa shape index (κ3) is 11.3. The second kappa shape index (κ2) is 17.0. The summed E-state index contributed by atoms with van der Waals surface area (Å²) in [5, 5.41) is 5.52. The quantitative estimate of drug-likeness (QED) is 0.0882. The van der Waals surface area contributed by atoms with Crippen LogP contribution in [0, 0.1) is 0 Å². The normalized spacial score (nSPS) is 14.6. The Balaban J connectivity index is 0.00000583. The minimum Gasteiger partial charge on any atom is -0.404 e. The van der Waals surface area contributed by atoms with E-state index in [0.29, 0.717) is 35.6 Å². The molecule has 266 valence electrons. The molecule has 0 radical (unpaired) electrons. The molecule has 2 amide bonds. The van der Waals surface area contributed by atoms with Crippen molar-refractivity contribution in [3.05, 3.63) is 101 Å². The molecule has 2 aromatic carbocycles. The summed E-state index contributed by atoms with van der Waals surface area (Å²) >= 11 is 0. The zero-order valence-electron chi connectivity index (χ0n) is 27.5. The second-order valence-electron chi connectivity index (χ2n) is 11.6. The Morgan fingerprint density at radius 3 is 1.71 bits per heavy atom. The number of allylic oxidation sites excluding steroid dienone is 2. The van der Waals surface area contributed by atoms with Gasteiger partial charge >= 0.3 is 52.2 Å². The largest absolute Gasteiger partial charge is 1.00 e. The molecule has 2 aliphatic rings. The Hall–Kier alpha value is -3.37. The van der Waals surface area contributed by atoms with Crippen LogP contribution in [-0.2, 0) is 38.0 Å². The van der Waals surface area contributed by atoms with Gasteiger partial charge in [0.2, 0.25) is 11.8 Å². The molecule has 14 nitrogen and oxygen atoms in total. The van der Waals surface area contributed by atoms with Gasteiger partial charge in [0.15, 0.2) is 5.70 Å². The predicted molar refractivity (Wildman–Crippen MR) is 179 cm³/mol. The predicted octanol–water partition coefficient (Wildman–Crippen LogP) is 0.466. The molecule has 0 bridgehead atoms. The summed E-state index contributed by atoms with van der Waals surface area (Å²) in [6, 6.07) is 15.2. The molecule has 0 fully saturated rings. The first kappa shape index (κ1) is 40.4. The van der Waals surface area contributed by atoms with E-state index in [-0.39, 0.29) is 91.6 Å². The van der Waals surface area contributed by atoms with Gasteiger partial charge in [0.05, 0.1) is 0 Å². The standard InChI is InChI=1S/C31H35BF2N4O10P2.Na/c33-32(34)37-24(9-15-30(39)35-19-17-22-1-11-28(12-2-22)47-49(41,42)43)5-7-26(37)21-27-8-6-25(38(27)32)10-16-31(40)36-20-18-23-3-13-29(14-4-23)48-50(44,45)46;/h1-8,11-14,21H,9-10,15-20H2,(H,35,39)(H,36,40)(H2,41,42,43)(H2,44,45,46);/q;+1. The summed E-state index contributed by atoms with van der Waals surface area (Å²) in [6.45, 7) is -3.77. The van der Waals surface area contributed by atoms with Crippen molar-refractivity contribution in [1.82, 2.24) is 15.1 Å². The average Bonchev–Trinajstić information content (AvgIpc) is 3.64. The number of aromatic nitrogens is 1. The smallest absolute Gasteiger partial charge is 0.404 e. The van der Waals surface area contributed by atoms with E-state index in [4.69, 9.17) is 19.6 Å². The number of nitrogens with zero attached hydrogens (tertiary/aromatic N) is 2. The summed E-state index contributed by atoms with van der Waals surface area (Å²) in [4.78, 5) is 60.6. The summed E-state index contributed by atoms with van der Waals surface area (Å²) in [6.07, 6.45) is 5.76. The maximum atomic E-state index is 16.1. The van der Waals surface area contributed by atoms with E-state index < -0.39 is 22.6 Å². The van der Waals surface area contributed by atoms with Gasteiger partial charge in [0.25, 0.3) is 0 Å². The minimum atomic E-state index is -4.66. The number of nitrogens with one attached hydrogen (secondary N) is 2. The molecule has 3 aromatic rings. The van der Waals surface area contributed by atoms with Crippen molar-refractivity contribution in [2.75, 3.05) is 13.1 Å². The Bertz CT molecular complexity index is 1940. The fourth-order valence-electron chi connectivity index (χ4n) is 5.74. The van der Waals surface area contributed by atoms with Gasteiger partial charge in [-0.3, -0.25) is 29.2 Å². The summed E-state index contributed by atoms with van der Waals surface area (Å²) in [7, 11) is -9.32. The Morgan fingerprint density at radius 1 is 0.725 bits per heavy atom. The van der Waals surface area contributed by atoms with Gasteiger partial charge in [0.1, 0.15) is 17.2 Å². The first-order chi connectivity index (χ1) is 23.6. The summed E-state index contributed by atoms with van der Waals surface area (Å²) in [5.41, 5.74) is 2.79. The van der Waals surface area contributed by atoms with E-state index >= 15 is 8.63 Å². The topological polar surface area (TPSA) is 200 Å². The number of hydrogen-bond acceptors (Lipinski definition) is 6. The van der Waals surface area contributed by atoms with Crippen molar-refractivity contribution in [3.63, 3.8) is 0 Å². The van der Waals surface area contributed by atoms with Crippen molar-refractivity contribution in [3.8, 4) is 11.5 Å². The van der Waals surface area contributed by atoms with E-state index in [1.54, 1.807) is 54.6 Å². The number of phosphoric ester groups is 2. The van der Waals surface area contributed by atoms with Gasteiger partial charge in [-0.2, -0.15) is 0 Å². The number of aryl methyl sites for hydroxylation is 1. The molecule has 0 spiro atoms. The minimum absolute atomic E-state index is 0.